The Balaban J connectivity index is 2.52. The Labute approximate surface area is 100 Å². The van der Waals surface area contributed by atoms with Gasteiger partial charge in [-0.3, -0.25) is 4.79 Å². The molecule has 0 saturated carbocycles. The SMILES string of the molecule is CC(CCCO)NC(=O)c1cccc(Cl)c1. The molecule has 4 heteroatoms. The highest BCUT2D eigenvalue weighted by molar-refractivity contribution is 6.30. The second kappa shape index (κ2) is 6.51. The van der Waals surface area contributed by atoms with E-state index in [-0.39, 0.29) is 18.6 Å². The summed E-state index contributed by atoms with van der Waals surface area (Å²) in [5, 5.41) is 12.1. The molecule has 0 aromatic heterocycles. The van der Waals surface area contributed by atoms with Crippen LogP contribution in [0.1, 0.15) is 30.1 Å². The summed E-state index contributed by atoms with van der Waals surface area (Å²) in [6.45, 7) is 2.06. The van der Waals surface area contributed by atoms with Crippen molar-refractivity contribution in [2.24, 2.45) is 0 Å². The molecular formula is C12H16ClNO2. The summed E-state index contributed by atoms with van der Waals surface area (Å²) < 4.78 is 0. The van der Waals surface area contributed by atoms with Crippen LogP contribution in [0.3, 0.4) is 0 Å². The molecule has 1 aromatic carbocycles. The zero-order valence-electron chi connectivity index (χ0n) is 9.24. The Kier molecular flexibility index (Phi) is 5.29. The Morgan fingerprint density at radius 3 is 2.94 bits per heavy atom. The van der Waals surface area contributed by atoms with E-state index in [9.17, 15) is 4.79 Å². The number of carbonyl (C=O) groups is 1. The van der Waals surface area contributed by atoms with Gasteiger partial charge in [-0.15, -0.1) is 0 Å². The van der Waals surface area contributed by atoms with E-state index in [0.717, 1.165) is 6.42 Å². The average Bonchev–Trinajstić information content (AvgIpc) is 2.26. The molecule has 1 atom stereocenters. The average molecular weight is 242 g/mol. The number of aliphatic hydroxyl groups excluding tert-OH is 1. The van der Waals surface area contributed by atoms with Crippen LogP contribution in [0.2, 0.25) is 5.02 Å². The van der Waals surface area contributed by atoms with Crippen molar-refractivity contribution in [2.45, 2.75) is 25.8 Å². The van der Waals surface area contributed by atoms with Gasteiger partial charge >= 0.3 is 0 Å². The summed E-state index contributed by atoms with van der Waals surface area (Å²) in [5.74, 6) is -0.132. The number of nitrogens with one attached hydrogen (secondary N) is 1. The maximum Gasteiger partial charge on any atom is 0.251 e. The second-order valence-corrected chi connectivity index (χ2v) is 4.19. The van der Waals surface area contributed by atoms with Crippen molar-refractivity contribution in [3.05, 3.63) is 34.9 Å². The number of hydrogen-bond acceptors (Lipinski definition) is 2. The summed E-state index contributed by atoms with van der Waals surface area (Å²) in [5.41, 5.74) is 0.559. The molecule has 0 aliphatic heterocycles. The molecule has 0 aliphatic carbocycles. The first-order valence-corrected chi connectivity index (χ1v) is 5.68. The number of halogens is 1. The number of hydrogen-bond donors (Lipinski definition) is 2. The smallest absolute Gasteiger partial charge is 0.251 e. The predicted octanol–water partition coefficient (Wildman–Crippen LogP) is 2.23. The highest BCUT2D eigenvalue weighted by atomic mass is 35.5. The lowest BCUT2D eigenvalue weighted by Gasteiger charge is -2.13. The van der Waals surface area contributed by atoms with Crippen molar-refractivity contribution < 1.29 is 9.90 Å². The largest absolute Gasteiger partial charge is 0.396 e. The monoisotopic (exact) mass is 241 g/mol. The van der Waals surface area contributed by atoms with Gasteiger partial charge in [0.1, 0.15) is 0 Å². The first kappa shape index (κ1) is 13.0. The van der Waals surface area contributed by atoms with Crippen molar-refractivity contribution >= 4 is 17.5 Å². The number of benzene rings is 1. The molecular weight excluding hydrogens is 226 g/mol. The molecule has 1 amide bonds. The van der Waals surface area contributed by atoms with E-state index in [1.54, 1.807) is 24.3 Å². The van der Waals surface area contributed by atoms with E-state index in [1.807, 2.05) is 6.92 Å². The van der Waals surface area contributed by atoms with Gasteiger partial charge in [-0.1, -0.05) is 17.7 Å². The fourth-order valence-electron chi connectivity index (χ4n) is 1.41. The minimum absolute atomic E-state index is 0.0543. The Morgan fingerprint density at radius 1 is 1.56 bits per heavy atom. The van der Waals surface area contributed by atoms with Crippen LogP contribution in [-0.2, 0) is 0 Å². The van der Waals surface area contributed by atoms with E-state index in [1.165, 1.54) is 0 Å². The van der Waals surface area contributed by atoms with Gasteiger partial charge < -0.3 is 10.4 Å². The summed E-state index contributed by atoms with van der Waals surface area (Å²) in [6, 6.07) is 6.89. The van der Waals surface area contributed by atoms with Crippen LogP contribution in [0.25, 0.3) is 0 Å². The minimum atomic E-state index is -0.132. The molecule has 16 heavy (non-hydrogen) atoms. The minimum Gasteiger partial charge on any atom is -0.396 e. The zero-order valence-corrected chi connectivity index (χ0v) is 10.00. The molecule has 88 valence electrons. The Bertz CT molecular complexity index is 355. The van der Waals surface area contributed by atoms with Crippen LogP contribution < -0.4 is 5.32 Å². The Hall–Kier alpha value is -1.06. The van der Waals surface area contributed by atoms with Crippen LogP contribution in [0.4, 0.5) is 0 Å². The van der Waals surface area contributed by atoms with Gasteiger partial charge in [0.2, 0.25) is 0 Å². The molecule has 0 spiro atoms. The first-order chi connectivity index (χ1) is 7.63. The van der Waals surface area contributed by atoms with Gasteiger partial charge in [0.25, 0.3) is 5.91 Å². The lowest BCUT2D eigenvalue weighted by Crippen LogP contribution is -2.32. The fourth-order valence-corrected chi connectivity index (χ4v) is 1.60. The van der Waals surface area contributed by atoms with Crippen molar-refractivity contribution in [3.63, 3.8) is 0 Å². The van der Waals surface area contributed by atoms with Gasteiger partial charge in [0.15, 0.2) is 0 Å². The summed E-state index contributed by atoms with van der Waals surface area (Å²) in [6.07, 6.45) is 1.46. The van der Waals surface area contributed by atoms with Crippen molar-refractivity contribution in [1.29, 1.82) is 0 Å². The molecule has 0 fully saturated rings. The van der Waals surface area contributed by atoms with Gasteiger partial charge in [0.05, 0.1) is 0 Å². The quantitative estimate of drug-likeness (QED) is 0.831. The van der Waals surface area contributed by atoms with Gasteiger partial charge in [0, 0.05) is 23.2 Å². The molecule has 0 radical (unpaired) electrons. The highest BCUT2D eigenvalue weighted by Crippen LogP contribution is 2.10. The second-order valence-electron chi connectivity index (χ2n) is 3.75. The third-order valence-electron chi connectivity index (χ3n) is 2.26. The van der Waals surface area contributed by atoms with E-state index in [0.29, 0.717) is 17.0 Å². The van der Waals surface area contributed by atoms with Crippen molar-refractivity contribution in [1.82, 2.24) is 5.32 Å². The Morgan fingerprint density at radius 2 is 2.31 bits per heavy atom. The number of carbonyl (C=O) groups excluding carboxylic acids is 1. The molecule has 1 rings (SSSR count). The number of aliphatic hydroxyl groups is 1. The van der Waals surface area contributed by atoms with Gasteiger partial charge in [-0.2, -0.15) is 0 Å². The van der Waals surface area contributed by atoms with Gasteiger partial charge in [-0.05, 0) is 38.0 Å². The van der Waals surface area contributed by atoms with E-state index in [2.05, 4.69) is 5.32 Å². The first-order valence-electron chi connectivity index (χ1n) is 5.30. The summed E-state index contributed by atoms with van der Waals surface area (Å²) in [4.78, 5) is 11.7. The molecule has 1 aromatic rings. The summed E-state index contributed by atoms with van der Waals surface area (Å²) >= 11 is 5.80. The maximum absolute atomic E-state index is 11.7. The van der Waals surface area contributed by atoms with Crippen molar-refractivity contribution in [2.75, 3.05) is 6.61 Å². The molecule has 0 bridgehead atoms. The molecule has 0 heterocycles. The van der Waals surface area contributed by atoms with Crippen LogP contribution in [0, 0.1) is 0 Å². The normalized spacial score (nSPS) is 12.2. The van der Waals surface area contributed by atoms with E-state index < -0.39 is 0 Å². The molecule has 1 unspecified atom stereocenters. The fraction of sp³-hybridized carbons (Fsp3) is 0.417. The van der Waals surface area contributed by atoms with Crippen LogP contribution in [-0.4, -0.2) is 23.7 Å². The maximum atomic E-state index is 11.7. The number of amides is 1. The zero-order chi connectivity index (χ0) is 12.0. The van der Waals surface area contributed by atoms with Crippen LogP contribution >= 0.6 is 11.6 Å². The lowest BCUT2D eigenvalue weighted by atomic mass is 10.1. The topological polar surface area (TPSA) is 49.3 Å². The molecule has 0 saturated heterocycles. The molecule has 3 nitrogen and oxygen atoms in total. The van der Waals surface area contributed by atoms with Crippen LogP contribution in [0.5, 0.6) is 0 Å². The molecule has 0 aliphatic rings. The number of rotatable bonds is 5. The van der Waals surface area contributed by atoms with Gasteiger partial charge in [-0.25, -0.2) is 0 Å². The standard InChI is InChI=1S/C12H16ClNO2/c1-9(4-3-7-15)14-12(16)10-5-2-6-11(13)8-10/h2,5-6,8-9,15H,3-4,7H2,1H3,(H,14,16). The summed E-state index contributed by atoms with van der Waals surface area (Å²) in [7, 11) is 0. The lowest BCUT2D eigenvalue weighted by molar-refractivity contribution is 0.0936. The predicted molar refractivity (Wildman–Crippen MR) is 64.7 cm³/mol. The van der Waals surface area contributed by atoms with E-state index in [4.69, 9.17) is 16.7 Å². The van der Waals surface area contributed by atoms with Crippen LogP contribution in [0.15, 0.2) is 24.3 Å². The highest BCUT2D eigenvalue weighted by Gasteiger charge is 2.09. The molecule has 2 N–H and O–H groups in total. The van der Waals surface area contributed by atoms with Crippen molar-refractivity contribution in [3.8, 4) is 0 Å². The third-order valence-corrected chi connectivity index (χ3v) is 2.49. The third kappa shape index (κ3) is 4.21. The van der Waals surface area contributed by atoms with E-state index >= 15 is 0 Å².